The molecule has 1 aromatic heterocycles. The van der Waals surface area contributed by atoms with Gasteiger partial charge in [0.15, 0.2) is 0 Å². The first-order valence-corrected chi connectivity index (χ1v) is 5.85. The smallest absolute Gasteiger partial charge is 0.219 e. The van der Waals surface area contributed by atoms with Crippen molar-refractivity contribution in [1.29, 1.82) is 0 Å². The molecule has 2 heterocycles. The van der Waals surface area contributed by atoms with Crippen LogP contribution in [0, 0.1) is 6.92 Å². The molecule has 86 valence electrons. The first-order valence-electron chi connectivity index (χ1n) is 5.85. The van der Waals surface area contributed by atoms with E-state index in [0.717, 1.165) is 25.2 Å². The van der Waals surface area contributed by atoms with E-state index in [1.54, 1.807) is 6.92 Å². The third kappa shape index (κ3) is 2.40. The zero-order valence-electron chi connectivity index (χ0n) is 9.94. The zero-order chi connectivity index (χ0) is 11.5. The second kappa shape index (κ2) is 4.64. The fourth-order valence-electron chi connectivity index (χ4n) is 2.36. The predicted molar refractivity (Wildman–Crippen MR) is 63.2 cm³/mol. The molecule has 1 aliphatic rings. The van der Waals surface area contributed by atoms with Crippen molar-refractivity contribution in [3.05, 3.63) is 29.6 Å². The van der Waals surface area contributed by atoms with Gasteiger partial charge in [0.2, 0.25) is 5.91 Å². The van der Waals surface area contributed by atoms with E-state index in [1.165, 1.54) is 12.0 Å². The van der Waals surface area contributed by atoms with Gasteiger partial charge >= 0.3 is 0 Å². The average Bonchev–Trinajstić information content (AvgIpc) is 2.29. The summed E-state index contributed by atoms with van der Waals surface area (Å²) in [7, 11) is 0. The Kier molecular flexibility index (Phi) is 3.22. The Morgan fingerprint density at radius 2 is 2.38 bits per heavy atom. The van der Waals surface area contributed by atoms with Gasteiger partial charge in [-0.1, -0.05) is 0 Å². The van der Waals surface area contributed by atoms with Crippen LogP contribution in [0.1, 0.15) is 36.9 Å². The summed E-state index contributed by atoms with van der Waals surface area (Å²) in [4.78, 5) is 17.5. The van der Waals surface area contributed by atoms with E-state index >= 15 is 0 Å². The van der Waals surface area contributed by atoms with E-state index in [-0.39, 0.29) is 5.91 Å². The van der Waals surface area contributed by atoms with E-state index < -0.39 is 0 Å². The van der Waals surface area contributed by atoms with E-state index in [4.69, 9.17) is 0 Å². The molecular formula is C13H18N2O. The summed E-state index contributed by atoms with van der Waals surface area (Å²) in [6.45, 7) is 5.43. The molecule has 1 unspecified atom stereocenters. The monoisotopic (exact) mass is 218 g/mol. The number of amides is 1. The highest BCUT2D eigenvalue weighted by atomic mass is 16.2. The summed E-state index contributed by atoms with van der Waals surface area (Å²) in [5.74, 6) is 0.676. The third-order valence-corrected chi connectivity index (χ3v) is 3.26. The Balaban J connectivity index is 2.12. The fourth-order valence-corrected chi connectivity index (χ4v) is 2.36. The van der Waals surface area contributed by atoms with Gasteiger partial charge in [0, 0.05) is 37.8 Å². The number of nitrogens with zero attached hydrogens (tertiary/aromatic N) is 2. The van der Waals surface area contributed by atoms with E-state index in [0.29, 0.717) is 5.92 Å². The van der Waals surface area contributed by atoms with Crippen molar-refractivity contribution >= 4 is 5.91 Å². The topological polar surface area (TPSA) is 33.2 Å². The number of hydrogen-bond donors (Lipinski definition) is 0. The maximum Gasteiger partial charge on any atom is 0.219 e. The molecule has 1 saturated heterocycles. The first-order chi connectivity index (χ1) is 7.66. The minimum Gasteiger partial charge on any atom is -0.342 e. The second-order valence-electron chi connectivity index (χ2n) is 4.53. The van der Waals surface area contributed by atoms with Crippen LogP contribution in [0.15, 0.2) is 18.3 Å². The SMILES string of the molecule is CC(=O)N1CCCC(c2ccnc(C)c2)C1. The lowest BCUT2D eigenvalue weighted by molar-refractivity contribution is -0.130. The number of hydrogen-bond acceptors (Lipinski definition) is 2. The Bertz CT molecular complexity index is 389. The molecule has 0 spiro atoms. The normalized spacial score (nSPS) is 20.9. The Hall–Kier alpha value is -1.38. The van der Waals surface area contributed by atoms with E-state index in [2.05, 4.69) is 17.1 Å². The number of rotatable bonds is 1. The van der Waals surface area contributed by atoms with Gasteiger partial charge in [-0.3, -0.25) is 9.78 Å². The maximum atomic E-state index is 11.4. The molecule has 0 radical (unpaired) electrons. The number of piperidine rings is 1. The molecule has 1 aliphatic heterocycles. The zero-order valence-corrected chi connectivity index (χ0v) is 9.94. The summed E-state index contributed by atoms with van der Waals surface area (Å²) in [6, 6.07) is 4.20. The van der Waals surface area contributed by atoms with Crippen LogP contribution in [0.3, 0.4) is 0 Å². The average molecular weight is 218 g/mol. The predicted octanol–water partition coefficient (Wildman–Crippen LogP) is 2.12. The van der Waals surface area contributed by atoms with Crippen LogP contribution in [0.4, 0.5) is 0 Å². The number of carbonyl (C=O) groups excluding carboxylic acids is 1. The Morgan fingerprint density at radius 1 is 1.56 bits per heavy atom. The number of aryl methyl sites for hydroxylation is 1. The number of pyridine rings is 1. The third-order valence-electron chi connectivity index (χ3n) is 3.26. The summed E-state index contributed by atoms with van der Waals surface area (Å²) in [6.07, 6.45) is 4.14. The summed E-state index contributed by atoms with van der Waals surface area (Å²) in [5, 5.41) is 0. The van der Waals surface area contributed by atoms with Gasteiger partial charge in [-0.2, -0.15) is 0 Å². The summed E-state index contributed by atoms with van der Waals surface area (Å²) < 4.78 is 0. The molecule has 16 heavy (non-hydrogen) atoms. The van der Waals surface area contributed by atoms with Crippen LogP contribution in [-0.4, -0.2) is 28.9 Å². The lowest BCUT2D eigenvalue weighted by Gasteiger charge is -2.32. The van der Waals surface area contributed by atoms with Crippen LogP contribution in [0.5, 0.6) is 0 Å². The minimum atomic E-state index is 0.190. The molecule has 1 aromatic rings. The van der Waals surface area contributed by atoms with E-state index in [1.807, 2.05) is 18.0 Å². The molecule has 1 amide bonds. The highest BCUT2D eigenvalue weighted by Crippen LogP contribution is 2.26. The van der Waals surface area contributed by atoms with Gasteiger partial charge in [0.05, 0.1) is 0 Å². The van der Waals surface area contributed by atoms with Crippen molar-refractivity contribution < 1.29 is 4.79 Å². The Morgan fingerprint density at radius 3 is 3.06 bits per heavy atom. The van der Waals surface area contributed by atoms with E-state index in [9.17, 15) is 4.79 Å². The molecule has 3 nitrogen and oxygen atoms in total. The summed E-state index contributed by atoms with van der Waals surface area (Å²) >= 11 is 0. The Labute approximate surface area is 96.5 Å². The van der Waals surface area contributed by atoms with Gasteiger partial charge in [-0.05, 0) is 37.5 Å². The van der Waals surface area contributed by atoms with Gasteiger partial charge in [0.1, 0.15) is 0 Å². The van der Waals surface area contributed by atoms with Crippen LogP contribution in [0.25, 0.3) is 0 Å². The molecule has 0 N–H and O–H groups in total. The molecule has 0 saturated carbocycles. The molecular weight excluding hydrogens is 200 g/mol. The first kappa shape index (κ1) is 11.1. The number of likely N-dealkylation sites (tertiary alicyclic amines) is 1. The van der Waals surface area contributed by atoms with Crippen LogP contribution in [-0.2, 0) is 4.79 Å². The molecule has 2 rings (SSSR count). The number of aromatic nitrogens is 1. The van der Waals surface area contributed by atoms with Crippen molar-refractivity contribution in [3.63, 3.8) is 0 Å². The highest BCUT2D eigenvalue weighted by Gasteiger charge is 2.22. The van der Waals surface area contributed by atoms with Crippen molar-refractivity contribution in [1.82, 2.24) is 9.88 Å². The maximum absolute atomic E-state index is 11.4. The quantitative estimate of drug-likeness (QED) is 0.723. The van der Waals surface area contributed by atoms with Gasteiger partial charge in [0.25, 0.3) is 0 Å². The second-order valence-corrected chi connectivity index (χ2v) is 4.53. The van der Waals surface area contributed by atoms with Crippen molar-refractivity contribution in [2.24, 2.45) is 0 Å². The largest absolute Gasteiger partial charge is 0.342 e. The van der Waals surface area contributed by atoms with Gasteiger partial charge in [-0.25, -0.2) is 0 Å². The summed E-state index contributed by atoms with van der Waals surface area (Å²) in [5.41, 5.74) is 2.37. The van der Waals surface area contributed by atoms with Crippen molar-refractivity contribution in [2.45, 2.75) is 32.6 Å². The van der Waals surface area contributed by atoms with Crippen molar-refractivity contribution in [2.75, 3.05) is 13.1 Å². The van der Waals surface area contributed by atoms with Gasteiger partial charge < -0.3 is 4.90 Å². The molecule has 1 fully saturated rings. The molecule has 0 bridgehead atoms. The molecule has 0 aromatic carbocycles. The fraction of sp³-hybridized carbons (Fsp3) is 0.538. The highest BCUT2D eigenvalue weighted by molar-refractivity contribution is 5.73. The lowest BCUT2D eigenvalue weighted by atomic mass is 9.91. The standard InChI is InChI=1S/C13H18N2O/c1-10-8-12(5-6-14-10)13-4-3-7-15(9-13)11(2)16/h5-6,8,13H,3-4,7,9H2,1-2H3. The van der Waals surface area contributed by atoms with Crippen molar-refractivity contribution in [3.8, 4) is 0 Å². The molecule has 1 atom stereocenters. The van der Waals surface area contributed by atoms with Gasteiger partial charge in [-0.15, -0.1) is 0 Å². The van der Waals surface area contributed by atoms with Crippen LogP contribution in [0.2, 0.25) is 0 Å². The number of carbonyl (C=O) groups is 1. The molecule has 3 heteroatoms. The van der Waals surface area contributed by atoms with Crippen LogP contribution >= 0.6 is 0 Å². The lowest BCUT2D eigenvalue weighted by Crippen LogP contribution is -2.37. The molecule has 0 aliphatic carbocycles. The minimum absolute atomic E-state index is 0.190. The van der Waals surface area contributed by atoms with Crippen LogP contribution < -0.4 is 0 Å².